The van der Waals surface area contributed by atoms with Crippen LogP contribution < -0.4 is 5.11 Å². The van der Waals surface area contributed by atoms with Gasteiger partial charge < -0.3 is 5.11 Å². The van der Waals surface area contributed by atoms with Gasteiger partial charge >= 0.3 is 6.18 Å². The molecule has 0 heterocycles. The second-order valence-corrected chi connectivity index (χ2v) is 11.5. The van der Waals surface area contributed by atoms with Crippen LogP contribution in [0.2, 0.25) is 0 Å². The predicted molar refractivity (Wildman–Crippen MR) is 66.5 cm³/mol. The van der Waals surface area contributed by atoms with Crippen molar-refractivity contribution >= 4 is 7.26 Å². The van der Waals surface area contributed by atoms with Gasteiger partial charge in [-0.25, -0.2) is 0 Å². The number of hydrogen-bond donors (Lipinski definition) is 0. The van der Waals surface area contributed by atoms with E-state index in [1.807, 2.05) is 48.2 Å². The Bertz CT molecular complexity index is 291. The molecule has 0 radical (unpaired) electrons. The second-order valence-electron chi connectivity index (χ2n) is 6.41. The molecule has 0 saturated carbocycles. The van der Waals surface area contributed by atoms with Gasteiger partial charge in [-0.1, -0.05) is 0 Å². The van der Waals surface area contributed by atoms with Gasteiger partial charge in [0.1, 0.15) is 0 Å². The smallest absolute Gasteiger partial charge is 0.405 e. The van der Waals surface area contributed by atoms with Crippen molar-refractivity contribution in [3.05, 3.63) is 11.6 Å². The molecule has 0 aliphatic carbocycles. The van der Waals surface area contributed by atoms with E-state index in [2.05, 4.69) is 0 Å². The Morgan fingerprint density at radius 2 is 1.24 bits per heavy atom. The van der Waals surface area contributed by atoms with Crippen molar-refractivity contribution < 1.29 is 18.3 Å². The molecule has 1 nitrogen and oxygen atoms in total. The molecule has 0 rings (SSSR count). The summed E-state index contributed by atoms with van der Waals surface area (Å²) >= 11 is 0. The molecular weight excluding hydrogens is 248 g/mol. The van der Waals surface area contributed by atoms with Crippen LogP contribution in [0.15, 0.2) is 11.6 Å². The maximum atomic E-state index is 12.4. The second kappa shape index (κ2) is 4.46. The Kier molecular flexibility index (Phi) is 4.39. The van der Waals surface area contributed by atoms with Crippen LogP contribution >= 0.6 is 7.26 Å². The first-order valence-corrected chi connectivity index (χ1v) is 7.77. The van der Waals surface area contributed by atoms with E-state index in [1.165, 1.54) is 0 Å². The minimum Gasteiger partial charge on any atom is -0.867 e. The average molecular weight is 270 g/mol. The molecule has 0 atom stereocenters. The summed E-state index contributed by atoms with van der Waals surface area (Å²) in [5, 5.41) is 10.6. The first kappa shape index (κ1) is 16.8. The zero-order valence-electron chi connectivity index (χ0n) is 11.6. The fourth-order valence-electron chi connectivity index (χ4n) is 1.70. The summed E-state index contributed by atoms with van der Waals surface area (Å²) in [4.78, 5) is 0. The molecule has 0 aromatic rings. The fourth-order valence-corrected chi connectivity index (χ4v) is 5.10. The van der Waals surface area contributed by atoms with Gasteiger partial charge in [-0.3, -0.25) is 0 Å². The Labute approximate surface area is 102 Å². The molecule has 0 unspecified atom stereocenters. The highest BCUT2D eigenvalue weighted by Crippen LogP contribution is 2.75. The first-order valence-electron chi connectivity index (χ1n) is 5.46. The van der Waals surface area contributed by atoms with E-state index in [9.17, 15) is 18.3 Å². The van der Waals surface area contributed by atoms with Crippen LogP contribution in [0.3, 0.4) is 0 Å². The fraction of sp³-hybridized carbons (Fsp3) is 0.833. The lowest BCUT2D eigenvalue weighted by Gasteiger charge is -2.43. The number of hydrogen-bond acceptors (Lipinski definition) is 1. The van der Waals surface area contributed by atoms with Crippen molar-refractivity contribution in [2.45, 2.75) is 58.0 Å². The van der Waals surface area contributed by atoms with Crippen LogP contribution in [0.25, 0.3) is 0 Å². The van der Waals surface area contributed by atoms with Gasteiger partial charge in [0.05, 0.1) is 22.8 Å². The van der Waals surface area contributed by atoms with Crippen molar-refractivity contribution in [2.24, 2.45) is 0 Å². The van der Waals surface area contributed by atoms with Gasteiger partial charge in [0, 0.05) is 13.0 Å². The van der Waals surface area contributed by atoms with Gasteiger partial charge in [-0.05, 0) is 41.5 Å². The summed E-state index contributed by atoms with van der Waals surface area (Å²) < 4.78 is 37.2. The molecule has 0 fully saturated rings. The van der Waals surface area contributed by atoms with E-state index >= 15 is 0 Å². The molecular formula is C12H22F3OP. The van der Waals surface area contributed by atoms with E-state index in [4.69, 9.17) is 0 Å². The maximum Gasteiger partial charge on any atom is 0.405 e. The van der Waals surface area contributed by atoms with Crippen LogP contribution in [-0.4, -0.2) is 23.2 Å². The highest BCUT2D eigenvalue weighted by molar-refractivity contribution is 7.80. The van der Waals surface area contributed by atoms with Gasteiger partial charge in [-0.2, -0.15) is 13.2 Å². The number of halogens is 3. The van der Waals surface area contributed by atoms with Gasteiger partial charge in [0.2, 0.25) is 0 Å². The van der Waals surface area contributed by atoms with E-state index < -0.39 is 19.2 Å². The summed E-state index contributed by atoms with van der Waals surface area (Å²) in [5.74, 6) is -0.759. The Morgan fingerprint density at radius 3 is 1.41 bits per heavy atom. The third-order valence-electron chi connectivity index (χ3n) is 3.44. The van der Waals surface area contributed by atoms with Crippen LogP contribution in [0.1, 0.15) is 41.5 Å². The van der Waals surface area contributed by atoms with E-state index in [0.29, 0.717) is 0 Å². The van der Waals surface area contributed by atoms with Crippen molar-refractivity contribution in [1.82, 2.24) is 0 Å². The highest BCUT2D eigenvalue weighted by Gasteiger charge is 2.53. The lowest BCUT2D eigenvalue weighted by atomic mass is 10.2. The van der Waals surface area contributed by atoms with Crippen molar-refractivity contribution in [3.8, 4) is 0 Å². The number of alkyl halides is 3. The third kappa shape index (κ3) is 3.61. The minimum absolute atomic E-state index is 0.327. The standard InChI is InChI=1S/C12H22F3OP/c1-10(2,3)17(7,11(4,5)6)8-9(16)12(13,14)15/h8H,1-7H3/b9-8-. The SMILES string of the molecule is CC(C)(C)[P+](C)(/C=C(\[O-])C(F)(F)F)C(C)(C)C. The zero-order valence-corrected chi connectivity index (χ0v) is 12.5. The summed E-state index contributed by atoms with van der Waals surface area (Å²) in [7, 11) is -2.18. The number of allylic oxidation sites excluding steroid dienone is 1. The summed E-state index contributed by atoms with van der Waals surface area (Å²) in [6.07, 6.45) is -4.77. The summed E-state index contributed by atoms with van der Waals surface area (Å²) in [6.45, 7) is 13.2. The largest absolute Gasteiger partial charge is 0.867 e. The number of rotatable bonds is 1. The highest BCUT2D eigenvalue weighted by atomic mass is 31.2. The monoisotopic (exact) mass is 270 g/mol. The molecule has 0 aliphatic heterocycles. The quantitative estimate of drug-likeness (QED) is 0.522. The first-order chi connectivity index (χ1) is 7.13. The average Bonchev–Trinajstić information content (AvgIpc) is 1.97. The van der Waals surface area contributed by atoms with Crippen molar-refractivity contribution in [2.75, 3.05) is 6.66 Å². The molecule has 0 aliphatic rings. The predicted octanol–water partition coefficient (Wildman–Crippen LogP) is 3.99. The summed E-state index contributed by atoms with van der Waals surface area (Å²) in [6, 6.07) is 0. The lowest BCUT2D eigenvalue weighted by Crippen LogP contribution is -2.34. The van der Waals surface area contributed by atoms with Crippen LogP contribution in [0.5, 0.6) is 0 Å². The molecule has 0 N–H and O–H groups in total. The van der Waals surface area contributed by atoms with Crippen molar-refractivity contribution in [1.29, 1.82) is 0 Å². The van der Waals surface area contributed by atoms with Crippen LogP contribution in [0.4, 0.5) is 13.2 Å². The molecule has 17 heavy (non-hydrogen) atoms. The van der Waals surface area contributed by atoms with Gasteiger partial charge in [0.25, 0.3) is 0 Å². The van der Waals surface area contributed by atoms with E-state index in [0.717, 1.165) is 5.82 Å². The molecule has 0 saturated heterocycles. The minimum atomic E-state index is -4.77. The van der Waals surface area contributed by atoms with Crippen LogP contribution in [-0.2, 0) is 0 Å². The zero-order chi connectivity index (χ0) is 14.3. The third-order valence-corrected chi connectivity index (χ3v) is 9.77. The van der Waals surface area contributed by atoms with E-state index in [1.54, 1.807) is 0 Å². The lowest BCUT2D eigenvalue weighted by molar-refractivity contribution is -0.359. The Balaban J connectivity index is 5.73. The topological polar surface area (TPSA) is 23.1 Å². The van der Waals surface area contributed by atoms with Crippen LogP contribution in [0, 0.1) is 0 Å². The van der Waals surface area contributed by atoms with Gasteiger partial charge in [0.15, 0.2) is 0 Å². The molecule has 0 amide bonds. The normalized spacial score (nSPS) is 16.2. The molecule has 0 spiro atoms. The maximum absolute atomic E-state index is 12.4. The molecule has 0 aromatic carbocycles. The molecule has 102 valence electrons. The molecule has 5 heteroatoms. The van der Waals surface area contributed by atoms with Crippen molar-refractivity contribution in [3.63, 3.8) is 0 Å². The summed E-state index contributed by atoms with van der Waals surface area (Å²) in [5.41, 5.74) is 0. The molecule has 0 bridgehead atoms. The van der Waals surface area contributed by atoms with Gasteiger partial charge in [-0.15, -0.1) is 0 Å². The Morgan fingerprint density at radius 1 is 0.941 bits per heavy atom. The van der Waals surface area contributed by atoms with E-state index in [-0.39, 0.29) is 10.3 Å². The Hall–Kier alpha value is -0.240. The molecule has 0 aromatic heterocycles.